The predicted molar refractivity (Wildman–Crippen MR) is 27.8 cm³/mol. The first-order valence-corrected chi connectivity index (χ1v) is 1.00. The molecule has 0 amide bonds. The first-order chi connectivity index (χ1) is 1.41. The van der Waals surface area contributed by atoms with Crippen LogP contribution >= 0.6 is 0 Å². The SMILES string of the molecule is CNC.[CH3-].[CH3-].[Y]. The molecule has 1 radical (unpaired) electrons. The smallest absolute Gasteiger partial charge is 0 e. The van der Waals surface area contributed by atoms with E-state index in [1.54, 1.807) is 0 Å². The predicted octanol–water partition coefficient (Wildman–Crippen LogP) is 0.734. The van der Waals surface area contributed by atoms with Crippen LogP contribution in [0.25, 0.3) is 0 Å². The second-order valence-corrected chi connectivity index (χ2v) is 0.500. The van der Waals surface area contributed by atoms with Gasteiger partial charge >= 0.3 is 0 Å². The molecular weight excluding hydrogens is 151 g/mol. The topological polar surface area (TPSA) is 12.0 Å². The summed E-state index contributed by atoms with van der Waals surface area (Å²) in [6.07, 6.45) is 0. The van der Waals surface area contributed by atoms with Crippen LogP contribution < -0.4 is 5.32 Å². The molecule has 0 heterocycles. The number of rotatable bonds is 0. The fraction of sp³-hybridized carbons (Fsp3) is 0.500. The Morgan fingerprint density at radius 1 is 1.00 bits per heavy atom. The van der Waals surface area contributed by atoms with Gasteiger partial charge in [0.25, 0.3) is 0 Å². The second-order valence-electron chi connectivity index (χ2n) is 0.500. The van der Waals surface area contributed by atoms with E-state index in [2.05, 4.69) is 5.32 Å². The fourth-order valence-corrected chi connectivity index (χ4v) is 0. The molecule has 0 aromatic rings. The Hall–Kier alpha value is 1.06. The van der Waals surface area contributed by atoms with E-state index in [0.717, 1.165) is 0 Å². The maximum Gasteiger partial charge on any atom is 0 e. The van der Waals surface area contributed by atoms with E-state index >= 15 is 0 Å². The van der Waals surface area contributed by atoms with Gasteiger partial charge in [0, 0.05) is 32.7 Å². The molecule has 0 aliphatic heterocycles. The van der Waals surface area contributed by atoms with Crippen molar-refractivity contribution in [3.63, 3.8) is 0 Å². The van der Waals surface area contributed by atoms with Crippen LogP contribution in [0.3, 0.4) is 0 Å². The minimum atomic E-state index is 0. The van der Waals surface area contributed by atoms with E-state index in [4.69, 9.17) is 0 Å². The second kappa shape index (κ2) is 36.5. The van der Waals surface area contributed by atoms with Gasteiger partial charge in [-0.2, -0.15) is 0 Å². The minimum Gasteiger partial charge on any atom is -0.358 e. The zero-order valence-electron chi connectivity index (χ0n) is 5.08. The Kier molecular flexibility index (Phi) is 168. The standard InChI is InChI=1S/C2H7N.2CH3.Y/c1-3-2;;;/h3H,1-2H3;2*1H3;/q;2*-1;. The Morgan fingerprint density at radius 2 is 1.00 bits per heavy atom. The van der Waals surface area contributed by atoms with Crippen molar-refractivity contribution in [1.29, 1.82) is 0 Å². The molecule has 0 rings (SSSR count). The van der Waals surface area contributed by atoms with Gasteiger partial charge in [0.05, 0.1) is 0 Å². The molecule has 0 saturated carbocycles. The summed E-state index contributed by atoms with van der Waals surface area (Å²) < 4.78 is 0. The van der Waals surface area contributed by atoms with E-state index < -0.39 is 0 Å². The molecule has 0 atom stereocenters. The van der Waals surface area contributed by atoms with Crippen LogP contribution in [0.5, 0.6) is 0 Å². The largest absolute Gasteiger partial charge is 0.358 e. The number of hydrogen-bond donors (Lipinski definition) is 1. The summed E-state index contributed by atoms with van der Waals surface area (Å²) >= 11 is 0. The Labute approximate surface area is 66.8 Å². The molecule has 39 valence electrons. The molecule has 0 aliphatic carbocycles. The summed E-state index contributed by atoms with van der Waals surface area (Å²) in [6.45, 7) is 0. The summed E-state index contributed by atoms with van der Waals surface area (Å²) in [4.78, 5) is 0. The van der Waals surface area contributed by atoms with E-state index in [0.29, 0.717) is 0 Å². The maximum atomic E-state index is 2.75. The molecule has 1 N–H and O–H groups in total. The van der Waals surface area contributed by atoms with E-state index in [1.807, 2.05) is 14.1 Å². The molecule has 2 heteroatoms. The van der Waals surface area contributed by atoms with Crippen molar-refractivity contribution >= 4 is 0 Å². The van der Waals surface area contributed by atoms with Crippen LogP contribution in [0.15, 0.2) is 0 Å². The quantitative estimate of drug-likeness (QED) is 0.520. The first kappa shape index (κ1) is 27.7. The minimum absolute atomic E-state index is 0. The van der Waals surface area contributed by atoms with Gasteiger partial charge in [-0.1, -0.05) is 0 Å². The number of hydrogen-bond acceptors (Lipinski definition) is 1. The van der Waals surface area contributed by atoms with Crippen molar-refractivity contribution in [3.05, 3.63) is 14.9 Å². The first-order valence-electron chi connectivity index (χ1n) is 1.00. The normalized spacial score (nSPS) is 3.00. The van der Waals surface area contributed by atoms with E-state index in [9.17, 15) is 0 Å². The summed E-state index contributed by atoms with van der Waals surface area (Å²) in [5.41, 5.74) is 0. The molecule has 0 aliphatic rings. The third kappa shape index (κ3) is 73.9. The average Bonchev–Trinajstić information content (AvgIpc) is 0.918. The molecule has 0 spiro atoms. The average molecular weight is 164 g/mol. The van der Waals surface area contributed by atoms with Gasteiger partial charge < -0.3 is 20.2 Å². The molecular formula is C4H13NY-2. The number of nitrogens with one attached hydrogen (secondary N) is 1. The Bertz CT molecular complexity index is 7.51. The molecule has 0 bridgehead atoms. The third-order valence-electron chi connectivity index (χ3n) is 0. The summed E-state index contributed by atoms with van der Waals surface area (Å²) in [7, 11) is 3.75. The van der Waals surface area contributed by atoms with Crippen LogP contribution in [-0.4, -0.2) is 14.1 Å². The van der Waals surface area contributed by atoms with Crippen molar-refractivity contribution in [3.8, 4) is 0 Å². The van der Waals surface area contributed by atoms with E-state index in [-0.39, 0.29) is 47.6 Å². The van der Waals surface area contributed by atoms with Crippen LogP contribution in [0, 0.1) is 14.9 Å². The third-order valence-corrected chi connectivity index (χ3v) is 0. The summed E-state index contributed by atoms with van der Waals surface area (Å²) in [5.74, 6) is 0. The van der Waals surface area contributed by atoms with Gasteiger partial charge in [-0.3, -0.25) is 0 Å². The van der Waals surface area contributed by atoms with Gasteiger partial charge in [0.15, 0.2) is 0 Å². The molecule has 0 fully saturated rings. The molecule has 0 unspecified atom stereocenters. The molecule has 0 aromatic carbocycles. The van der Waals surface area contributed by atoms with Crippen LogP contribution in [0.4, 0.5) is 0 Å². The molecule has 0 aromatic heterocycles. The van der Waals surface area contributed by atoms with Crippen molar-refractivity contribution in [2.45, 2.75) is 0 Å². The maximum absolute atomic E-state index is 2.75. The van der Waals surface area contributed by atoms with Crippen LogP contribution in [0.2, 0.25) is 0 Å². The van der Waals surface area contributed by atoms with Gasteiger partial charge in [0.2, 0.25) is 0 Å². The van der Waals surface area contributed by atoms with Gasteiger partial charge in [-0.05, 0) is 14.1 Å². The van der Waals surface area contributed by atoms with Crippen LogP contribution in [-0.2, 0) is 32.7 Å². The molecule has 6 heavy (non-hydrogen) atoms. The Balaban J connectivity index is -0.00000000667. The van der Waals surface area contributed by atoms with Crippen molar-refractivity contribution in [1.82, 2.24) is 5.32 Å². The molecule has 1 nitrogen and oxygen atoms in total. The monoisotopic (exact) mass is 164 g/mol. The zero-order valence-corrected chi connectivity index (χ0v) is 7.92. The van der Waals surface area contributed by atoms with Gasteiger partial charge in [-0.25, -0.2) is 0 Å². The molecule has 0 saturated heterocycles. The van der Waals surface area contributed by atoms with E-state index in [1.165, 1.54) is 0 Å². The van der Waals surface area contributed by atoms with Gasteiger partial charge in [0.1, 0.15) is 0 Å². The van der Waals surface area contributed by atoms with Crippen molar-refractivity contribution < 1.29 is 32.7 Å². The van der Waals surface area contributed by atoms with Crippen molar-refractivity contribution in [2.24, 2.45) is 0 Å². The van der Waals surface area contributed by atoms with Gasteiger partial charge in [-0.15, -0.1) is 0 Å². The zero-order chi connectivity index (χ0) is 2.71. The van der Waals surface area contributed by atoms with Crippen LogP contribution in [0.1, 0.15) is 0 Å². The Morgan fingerprint density at radius 3 is 1.00 bits per heavy atom. The fourth-order valence-electron chi connectivity index (χ4n) is 0. The summed E-state index contributed by atoms with van der Waals surface area (Å²) in [5, 5.41) is 2.75. The van der Waals surface area contributed by atoms with Crippen molar-refractivity contribution in [2.75, 3.05) is 14.1 Å². The summed E-state index contributed by atoms with van der Waals surface area (Å²) in [6, 6.07) is 0.